The lowest BCUT2D eigenvalue weighted by Gasteiger charge is -2.54. The fraction of sp³-hybridized carbons (Fsp3) is 0.859. The highest BCUT2D eigenvalue weighted by molar-refractivity contribution is 5.79. The first-order valence-electron chi connectivity index (χ1n) is 34.2. The lowest BCUT2D eigenvalue weighted by atomic mass is 9.78. The Morgan fingerprint density at radius 1 is 0.287 bits per heavy atom. The van der Waals surface area contributed by atoms with Gasteiger partial charge < -0.3 is 48.2 Å². The molecular weight excluding hydrogens is 1200 g/mol. The minimum absolute atomic E-state index is 0.0139. The number of ether oxygens (including phenoxy) is 5. The zero-order valence-corrected chi connectivity index (χ0v) is 62.8. The lowest BCUT2D eigenvalue weighted by molar-refractivity contribution is -0.172. The van der Waals surface area contributed by atoms with Crippen LogP contribution in [0.5, 0.6) is 0 Å². The van der Waals surface area contributed by atoms with Crippen LogP contribution in [-0.2, 0) is 71.6 Å². The second-order valence-corrected chi connectivity index (χ2v) is 34.7. The van der Waals surface area contributed by atoms with Crippen molar-refractivity contribution in [2.45, 2.75) is 349 Å². The molecule has 5 amide bonds. The van der Waals surface area contributed by atoms with Gasteiger partial charge in [-0.25, -0.2) is 0 Å². The predicted octanol–water partition coefficient (Wildman–Crippen LogP) is 8.23. The van der Waals surface area contributed by atoms with Gasteiger partial charge >= 0.3 is 29.8 Å². The fourth-order valence-electron chi connectivity index (χ4n) is 19.5. The summed E-state index contributed by atoms with van der Waals surface area (Å²) in [5.41, 5.74) is -6.67. The van der Waals surface area contributed by atoms with Crippen molar-refractivity contribution in [2.75, 3.05) is 45.8 Å². The molecule has 5 aliphatic heterocycles. The van der Waals surface area contributed by atoms with Crippen LogP contribution in [0.4, 0.5) is 0 Å². The molecule has 0 aromatic heterocycles. The van der Waals surface area contributed by atoms with Crippen molar-refractivity contribution in [3.63, 3.8) is 0 Å². The molecule has 5 saturated heterocycles. The fourth-order valence-corrected chi connectivity index (χ4v) is 19.5. The highest BCUT2D eigenvalue weighted by Crippen LogP contribution is 2.45. The molecular formula is C71H122N8O15. The first-order chi connectivity index (χ1) is 42.5. The second-order valence-electron chi connectivity index (χ2n) is 34.7. The monoisotopic (exact) mass is 1330 g/mol. The van der Waals surface area contributed by atoms with Gasteiger partial charge in [-0.05, 0) is 152 Å². The summed E-state index contributed by atoms with van der Waals surface area (Å²) in [4.78, 5) is 152. The SMILES string of the molecule is CC(=O)N1C(C)(C)CC(OC(=O)CN(CC(=O)OC2CC(C)(C)N(C(C)=O)C(C)(C)C2)CC(C)N(CC(=O)OC2CC(C)(C)N(C(C)=O)C(C)(C)C2)CC(C)N(CC(=O)OC2CC(C)(C)N(C(C)=O)C(C)(C)C2)CC(=O)OC2CC(C)(C)N(C(C)=O)C(C)(C)C2)CC1(C)C. The number of hydrogen-bond acceptors (Lipinski definition) is 18. The van der Waals surface area contributed by atoms with Crippen LogP contribution in [0.1, 0.15) is 251 Å². The normalized spacial score (nSPS) is 23.9. The van der Waals surface area contributed by atoms with E-state index in [0.29, 0.717) is 64.2 Å². The quantitative estimate of drug-likeness (QED) is 0.0776. The molecule has 0 radical (unpaired) electrons. The summed E-state index contributed by atoms with van der Waals surface area (Å²) in [7, 11) is 0. The van der Waals surface area contributed by atoms with Gasteiger partial charge in [0.2, 0.25) is 29.5 Å². The Labute approximate surface area is 563 Å². The van der Waals surface area contributed by atoms with Gasteiger partial charge in [-0.15, -0.1) is 0 Å². The summed E-state index contributed by atoms with van der Waals surface area (Å²) in [6.07, 6.45) is 0.700. The summed E-state index contributed by atoms with van der Waals surface area (Å²) in [6.45, 7) is 48.4. The van der Waals surface area contributed by atoms with Crippen molar-refractivity contribution in [3.8, 4) is 0 Å². The molecule has 0 spiro atoms. The van der Waals surface area contributed by atoms with E-state index in [-0.39, 0.29) is 75.3 Å². The van der Waals surface area contributed by atoms with Crippen LogP contribution in [0, 0.1) is 0 Å². The highest BCUT2D eigenvalue weighted by atomic mass is 16.6. The van der Waals surface area contributed by atoms with E-state index in [2.05, 4.69) is 0 Å². The number of hydrogen-bond donors (Lipinski definition) is 0. The molecule has 2 unspecified atom stereocenters. The Hall–Kier alpha value is -5.42. The van der Waals surface area contributed by atoms with Gasteiger partial charge in [-0.1, -0.05) is 0 Å². The van der Waals surface area contributed by atoms with Crippen LogP contribution in [-0.4, -0.2) is 242 Å². The molecule has 0 aliphatic carbocycles. The first kappa shape index (κ1) is 79.3. The van der Waals surface area contributed by atoms with Crippen LogP contribution >= 0.6 is 0 Å². The third kappa shape index (κ3) is 19.4. The number of nitrogens with zero attached hydrogens (tertiary/aromatic N) is 8. The number of rotatable bonds is 21. The number of esters is 5. The van der Waals surface area contributed by atoms with Crippen LogP contribution < -0.4 is 0 Å². The Morgan fingerprint density at radius 3 is 0.628 bits per heavy atom. The number of likely N-dealkylation sites (tertiary alicyclic amines) is 5. The minimum atomic E-state index is -0.713. The summed E-state index contributed by atoms with van der Waals surface area (Å²) >= 11 is 0. The summed E-state index contributed by atoms with van der Waals surface area (Å²) in [6, 6.07) is -1.39. The van der Waals surface area contributed by atoms with Gasteiger partial charge in [0, 0.05) is 179 Å². The van der Waals surface area contributed by atoms with Crippen LogP contribution in [0.3, 0.4) is 0 Å². The smallest absolute Gasteiger partial charge is 0.320 e. The molecule has 5 heterocycles. The summed E-state index contributed by atoms with van der Waals surface area (Å²) in [5.74, 6) is -3.55. The maximum atomic E-state index is 14.8. The Balaban J connectivity index is 1.55. The zero-order chi connectivity index (χ0) is 72.0. The molecule has 5 rings (SSSR count). The molecule has 94 heavy (non-hydrogen) atoms. The number of amides is 5. The van der Waals surface area contributed by atoms with Gasteiger partial charge in [-0.3, -0.25) is 62.6 Å². The van der Waals surface area contributed by atoms with E-state index in [0.717, 1.165) is 0 Å². The Bertz CT molecular complexity index is 2610. The molecule has 0 bridgehead atoms. The second kappa shape index (κ2) is 28.6. The average molecular weight is 1330 g/mol. The van der Waals surface area contributed by atoms with E-state index in [1.165, 1.54) is 34.6 Å². The molecule has 0 saturated carbocycles. The molecule has 0 aromatic carbocycles. The zero-order valence-electron chi connectivity index (χ0n) is 62.8. The number of carbonyl (C=O) groups is 10. The number of carbonyl (C=O) groups excluding carboxylic acids is 10. The maximum absolute atomic E-state index is 14.8. The molecule has 0 aromatic rings. The number of piperidine rings is 5. The van der Waals surface area contributed by atoms with Crippen molar-refractivity contribution in [1.82, 2.24) is 39.2 Å². The van der Waals surface area contributed by atoms with Gasteiger partial charge in [0.25, 0.3) is 0 Å². The summed E-state index contributed by atoms with van der Waals surface area (Å²) in [5, 5.41) is 0. The van der Waals surface area contributed by atoms with Crippen LogP contribution in [0.15, 0.2) is 0 Å². The standard InChI is InChI=1S/C71H122N8O15/c1-45(38-72(40-57(85)90-52-28-62(8,9)75(47(3)80)63(10,11)29-52)41-58(86)91-53-30-64(12,13)76(48(4)81)65(14,15)31-53)73(42-59(87)92-54-32-66(16,17)77(49(5)82)67(18,19)33-54)39-46(2)74(43-60(88)93-55-34-68(20,21)78(50(6)83)69(22,23)35-55)44-61(89)94-56-36-70(24,25)79(51(7)84)71(26,27)37-56/h45-46,52-56H,28-44H2,1-27H3. The van der Waals surface area contributed by atoms with E-state index in [1.54, 1.807) is 9.80 Å². The van der Waals surface area contributed by atoms with Crippen molar-refractivity contribution in [1.29, 1.82) is 0 Å². The maximum Gasteiger partial charge on any atom is 0.320 e. The topological polar surface area (TPSA) is 243 Å². The van der Waals surface area contributed by atoms with Crippen LogP contribution in [0.25, 0.3) is 0 Å². The highest BCUT2D eigenvalue weighted by Gasteiger charge is 2.53. The molecule has 5 aliphatic rings. The van der Waals surface area contributed by atoms with Gasteiger partial charge in [0.15, 0.2) is 0 Å². The van der Waals surface area contributed by atoms with E-state index in [4.69, 9.17) is 23.7 Å². The van der Waals surface area contributed by atoms with Gasteiger partial charge in [-0.2, -0.15) is 0 Å². The van der Waals surface area contributed by atoms with Crippen molar-refractivity contribution < 1.29 is 71.6 Å². The Morgan fingerprint density at radius 2 is 0.447 bits per heavy atom. The average Bonchev–Trinajstić information content (AvgIpc) is 0.797. The van der Waals surface area contributed by atoms with Crippen LogP contribution in [0.2, 0.25) is 0 Å². The van der Waals surface area contributed by atoms with Gasteiger partial charge in [0.1, 0.15) is 30.5 Å². The molecule has 536 valence electrons. The van der Waals surface area contributed by atoms with Crippen molar-refractivity contribution in [3.05, 3.63) is 0 Å². The van der Waals surface area contributed by atoms with Crippen molar-refractivity contribution >= 4 is 59.4 Å². The molecule has 23 heteroatoms. The molecule has 23 nitrogen and oxygen atoms in total. The Kier molecular flexibility index (Phi) is 24.1. The third-order valence-corrected chi connectivity index (χ3v) is 20.4. The third-order valence-electron chi connectivity index (χ3n) is 20.4. The largest absolute Gasteiger partial charge is 0.461 e. The molecule has 5 fully saturated rings. The first-order valence-corrected chi connectivity index (χ1v) is 34.2. The van der Waals surface area contributed by atoms with E-state index < -0.39 is 128 Å². The van der Waals surface area contributed by atoms with E-state index in [1.807, 2.05) is 182 Å². The lowest BCUT2D eigenvalue weighted by Crippen LogP contribution is -2.64. The summed E-state index contributed by atoms with van der Waals surface area (Å²) < 4.78 is 31.6. The molecule has 0 N–H and O–H groups in total. The van der Waals surface area contributed by atoms with Gasteiger partial charge in [0.05, 0.1) is 32.7 Å². The minimum Gasteiger partial charge on any atom is -0.461 e. The van der Waals surface area contributed by atoms with Crippen molar-refractivity contribution in [2.24, 2.45) is 0 Å². The van der Waals surface area contributed by atoms with E-state index in [9.17, 15) is 47.9 Å². The molecule has 2 atom stereocenters. The van der Waals surface area contributed by atoms with E-state index >= 15 is 0 Å². The predicted molar refractivity (Wildman–Crippen MR) is 357 cm³/mol.